The molecule has 2 aliphatic rings. The second kappa shape index (κ2) is 8.02. The Morgan fingerprint density at radius 3 is 1.36 bits per heavy atom. The van der Waals surface area contributed by atoms with E-state index in [1.54, 1.807) is 13.8 Å². The van der Waals surface area contributed by atoms with Gasteiger partial charge in [0.05, 0.1) is 25.0 Å². The van der Waals surface area contributed by atoms with Crippen molar-refractivity contribution in [2.45, 2.75) is 79.3 Å². The highest BCUT2D eigenvalue weighted by molar-refractivity contribution is 5.89. The van der Waals surface area contributed by atoms with Crippen molar-refractivity contribution in [3.05, 3.63) is 22.3 Å². The van der Waals surface area contributed by atoms with Crippen LogP contribution >= 0.6 is 0 Å². The van der Waals surface area contributed by atoms with Gasteiger partial charge in [0.1, 0.15) is 0 Å². The molecule has 5 nitrogen and oxygen atoms in total. The number of carbonyl (C=O) groups excluding carboxylic acids is 2. The van der Waals surface area contributed by atoms with E-state index in [1.165, 1.54) is 11.1 Å². The molecule has 0 aromatic rings. The fraction of sp³-hybridized carbons (Fsp3) is 0.739. The van der Waals surface area contributed by atoms with Crippen LogP contribution in [0.2, 0.25) is 0 Å². The van der Waals surface area contributed by atoms with Crippen LogP contribution in [0.1, 0.15) is 68.2 Å². The van der Waals surface area contributed by atoms with Crippen LogP contribution in [-0.2, 0) is 19.1 Å². The Morgan fingerprint density at radius 1 is 0.786 bits per heavy atom. The Hall–Kier alpha value is -1.62. The minimum Gasteiger partial charge on any atom is -0.466 e. The molecule has 0 aromatic carbocycles. The SMILES string of the molecule is CCOC(=O)C1C(CC)=C2C(=C(CC)C1C(=O)OCC)C(C)(C)N(C)C2(C)C. The van der Waals surface area contributed by atoms with Crippen LogP contribution in [0.15, 0.2) is 22.3 Å². The number of nitrogens with zero attached hydrogens (tertiary/aromatic N) is 1. The van der Waals surface area contributed by atoms with Crippen LogP contribution in [0.3, 0.4) is 0 Å². The van der Waals surface area contributed by atoms with Gasteiger partial charge in [0, 0.05) is 11.1 Å². The van der Waals surface area contributed by atoms with Gasteiger partial charge in [-0.2, -0.15) is 0 Å². The molecule has 2 unspecified atom stereocenters. The average molecular weight is 392 g/mol. The molecule has 1 saturated heterocycles. The van der Waals surface area contributed by atoms with Crippen LogP contribution in [0, 0.1) is 11.8 Å². The van der Waals surface area contributed by atoms with Crippen LogP contribution in [0.25, 0.3) is 0 Å². The van der Waals surface area contributed by atoms with E-state index in [0.717, 1.165) is 11.1 Å². The van der Waals surface area contributed by atoms with Gasteiger partial charge < -0.3 is 9.47 Å². The monoisotopic (exact) mass is 391 g/mol. The standard InChI is InChI=1S/C23H37NO4/c1-10-14-16(20(25)27-12-3)17(21(26)28-13-4)15(11-2)19-18(14)22(5,6)24(9)23(19,7)8/h16-17H,10-13H2,1-9H3. The zero-order chi connectivity index (χ0) is 21.4. The number of esters is 2. The van der Waals surface area contributed by atoms with Gasteiger partial charge in [-0.05, 0) is 83.7 Å². The van der Waals surface area contributed by atoms with Crippen molar-refractivity contribution >= 4 is 11.9 Å². The molecule has 1 aliphatic heterocycles. The summed E-state index contributed by atoms with van der Waals surface area (Å²) in [5.41, 5.74) is 3.97. The smallest absolute Gasteiger partial charge is 0.314 e. The van der Waals surface area contributed by atoms with Gasteiger partial charge in [-0.1, -0.05) is 13.8 Å². The van der Waals surface area contributed by atoms with E-state index in [9.17, 15) is 9.59 Å². The quantitative estimate of drug-likeness (QED) is 0.633. The maximum absolute atomic E-state index is 13.1. The van der Waals surface area contributed by atoms with Crippen molar-refractivity contribution in [3.8, 4) is 0 Å². The Labute approximate surface area is 170 Å². The number of hydrogen-bond donors (Lipinski definition) is 0. The first kappa shape index (κ1) is 22.7. The Kier molecular flexibility index (Phi) is 6.49. The van der Waals surface area contributed by atoms with E-state index in [4.69, 9.17) is 9.47 Å². The molecule has 28 heavy (non-hydrogen) atoms. The van der Waals surface area contributed by atoms with E-state index in [0.29, 0.717) is 26.1 Å². The summed E-state index contributed by atoms with van der Waals surface area (Å²) in [7, 11) is 2.12. The zero-order valence-corrected chi connectivity index (χ0v) is 19.1. The van der Waals surface area contributed by atoms with Gasteiger partial charge in [0.2, 0.25) is 0 Å². The molecule has 0 bridgehead atoms. The van der Waals surface area contributed by atoms with Crippen molar-refractivity contribution in [2.75, 3.05) is 20.3 Å². The van der Waals surface area contributed by atoms with E-state index in [-0.39, 0.29) is 23.0 Å². The van der Waals surface area contributed by atoms with Crippen LogP contribution in [0.4, 0.5) is 0 Å². The van der Waals surface area contributed by atoms with Crippen molar-refractivity contribution < 1.29 is 19.1 Å². The van der Waals surface area contributed by atoms with Crippen molar-refractivity contribution in [3.63, 3.8) is 0 Å². The van der Waals surface area contributed by atoms with Crippen LogP contribution in [-0.4, -0.2) is 48.2 Å². The van der Waals surface area contributed by atoms with Gasteiger partial charge in [-0.15, -0.1) is 0 Å². The van der Waals surface area contributed by atoms with Crippen LogP contribution in [0.5, 0.6) is 0 Å². The van der Waals surface area contributed by atoms with Crippen molar-refractivity contribution in [1.82, 2.24) is 4.90 Å². The third-order valence-corrected chi connectivity index (χ3v) is 6.72. The summed E-state index contributed by atoms with van der Waals surface area (Å²) in [6.45, 7) is 17.1. The highest BCUT2D eigenvalue weighted by Gasteiger charge is 2.57. The minimum absolute atomic E-state index is 0.241. The molecular formula is C23H37NO4. The molecule has 158 valence electrons. The molecule has 0 N–H and O–H groups in total. The summed E-state index contributed by atoms with van der Waals surface area (Å²) in [6, 6.07) is 0. The first-order valence-electron chi connectivity index (χ1n) is 10.6. The molecule has 1 aliphatic carbocycles. The molecule has 0 saturated carbocycles. The summed E-state index contributed by atoms with van der Waals surface area (Å²) >= 11 is 0. The number of ether oxygens (including phenoxy) is 2. The number of carbonyl (C=O) groups is 2. The molecule has 2 rings (SSSR count). The summed E-state index contributed by atoms with van der Waals surface area (Å²) in [4.78, 5) is 28.5. The van der Waals surface area contributed by atoms with Crippen LogP contribution < -0.4 is 0 Å². The van der Waals surface area contributed by atoms with Gasteiger partial charge in [-0.25, -0.2) is 0 Å². The fourth-order valence-electron chi connectivity index (χ4n) is 5.28. The third kappa shape index (κ3) is 3.22. The Bertz CT molecular complexity index is 654. The van der Waals surface area contributed by atoms with E-state index in [1.807, 2.05) is 0 Å². The molecule has 5 heteroatoms. The van der Waals surface area contributed by atoms with E-state index >= 15 is 0 Å². The Morgan fingerprint density at radius 2 is 1.11 bits per heavy atom. The number of hydrogen-bond acceptors (Lipinski definition) is 5. The van der Waals surface area contributed by atoms with Crippen molar-refractivity contribution in [2.24, 2.45) is 11.8 Å². The molecule has 0 aromatic heterocycles. The average Bonchev–Trinajstić information content (AvgIpc) is 2.77. The summed E-state index contributed by atoms with van der Waals surface area (Å²) in [5, 5.41) is 0. The summed E-state index contributed by atoms with van der Waals surface area (Å²) in [6.07, 6.45) is 1.39. The topological polar surface area (TPSA) is 55.8 Å². The lowest BCUT2D eigenvalue weighted by Crippen LogP contribution is -2.45. The fourth-order valence-corrected chi connectivity index (χ4v) is 5.28. The second-order valence-corrected chi connectivity index (χ2v) is 8.64. The molecular weight excluding hydrogens is 354 g/mol. The zero-order valence-electron chi connectivity index (χ0n) is 19.1. The maximum atomic E-state index is 13.1. The molecule has 1 fully saturated rings. The summed E-state index contributed by atoms with van der Waals surface area (Å²) < 4.78 is 10.9. The lowest BCUT2D eigenvalue weighted by molar-refractivity contribution is -0.157. The summed E-state index contributed by atoms with van der Waals surface area (Å²) in [5.74, 6) is -1.87. The molecule has 0 spiro atoms. The highest BCUT2D eigenvalue weighted by Crippen LogP contribution is 2.57. The number of likely N-dealkylation sites (tertiary alicyclic amines) is 1. The number of rotatable bonds is 6. The maximum Gasteiger partial charge on any atom is 0.314 e. The van der Waals surface area contributed by atoms with Gasteiger partial charge in [0.15, 0.2) is 0 Å². The number of likely N-dealkylation sites (N-methyl/N-ethyl adjacent to an activating group) is 1. The molecule has 2 atom stereocenters. The molecule has 1 heterocycles. The second-order valence-electron chi connectivity index (χ2n) is 8.64. The van der Waals surface area contributed by atoms with Gasteiger partial charge >= 0.3 is 11.9 Å². The van der Waals surface area contributed by atoms with Crippen molar-refractivity contribution in [1.29, 1.82) is 0 Å². The minimum atomic E-state index is -0.612. The lowest BCUT2D eigenvalue weighted by atomic mass is 9.65. The first-order chi connectivity index (χ1) is 13.0. The Balaban J connectivity index is 2.88. The number of fused-ring (bicyclic) bond motifs is 1. The lowest BCUT2D eigenvalue weighted by Gasteiger charge is -2.38. The first-order valence-corrected chi connectivity index (χ1v) is 10.6. The third-order valence-electron chi connectivity index (χ3n) is 6.72. The van der Waals surface area contributed by atoms with Gasteiger partial charge in [-0.3, -0.25) is 14.5 Å². The largest absolute Gasteiger partial charge is 0.466 e. The molecule has 0 radical (unpaired) electrons. The normalized spacial score (nSPS) is 26.3. The van der Waals surface area contributed by atoms with E-state index < -0.39 is 11.8 Å². The highest BCUT2D eigenvalue weighted by atomic mass is 16.5. The predicted octanol–water partition coefficient (Wildman–Crippen LogP) is 4.27. The van der Waals surface area contributed by atoms with E-state index in [2.05, 4.69) is 53.5 Å². The molecule has 0 amide bonds. The predicted molar refractivity (Wildman–Crippen MR) is 111 cm³/mol. The van der Waals surface area contributed by atoms with Gasteiger partial charge in [0.25, 0.3) is 0 Å².